The van der Waals surface area contributed by atoms with Crippen LogP contribution in [0.2, 0.25) is 0 Å². The Labute approximate surface area is 184 Å². The Kier molecular flexibility index (Phi) is 4.74. The highest BCUT2D eigenvalue weighted by Crippen LogP contribution is 2.42. The van der Waals surface area contributed by atoms with E-state index in [1.165, 1.54) is 37.1 Å². The van der Waals surface area contributed by atoms with Gasteiger partial charge in [-0.1, -0.05) is 48.5 Å². The highest BCUT2D eigenvalue weighted by atomic mass is 32.1. The summed E-state index contributed by atoms with van der Waals surface area (Å²) in [4.78, 5) is 4.93. The van der Waals surface area contributed by atoms with Gasteiger partial charge in [0, 0.05) is 31.9 Å². The third kappa shape index (κ3) is 3.26. The van der Waals surface area contributed by atoms with Gasteiger partial charge in [0.15, 0.2) is 0 Å². The highest BCUT2D eigenvalue weighted by molar-refractivity contribution is 7.26. The molecule has 2 heterocycles. The van der Waals surface area contributed by atoms with Gasteiger partial charge < -0.3 is 5.73 Å². The third-order valence-electron chi connectivity index (χ3n) is 5.49. The predicted molar refractivity (Wildman–Crippen MR) is 132 cm³/mol. The first-order chi connectivity index (χ1) is 15.2. The largest absolute Gasteiger partial charge is 0.404 e. The molecule has 0 atom stereocenters. The van der Waals surface area contributed by atoms with E-state index in [1.807, 2.05) is 36.5 Å². The van der Waals surface area contributed by atoms with Gasteiger partial charge in [-0.2, -0.15) is 5.26 Å². The van der Waals surface area contributed by atoms with Gasteiger partial charge in [0.2, 0.25) is 0 Å². The van der Waals surface area contributed by atoms with Crippen LogP contribution in [0.1, 0.15) is 12.6 Å². The molecule has 0 spiro atoms. The summed E-state index contributed by atoms with van der Waals surface area (Å²) in [7, 11) is 0. The zero-order valence-corrected chi connectivity index (χ0v) is 17.8. The van der Waals surface area contributed by atoms with E-state index in [4.69, 9.17) is 10.7 Å². The van der Waals surface area contributed by atoms with Crippen LogP contribution >= 0.6 is 11.3 Å². The summed E-state index contributed by atoms with van der Waals surface area (Å²) < 4.78 is 2.55. The normalized spacial score (nSPS) is 12.5. The highest BCUT2D eigenvalue weighted by Gasteiger charge is 2.14. The van der Waals surface area contributed by atoms with Crippen molar-refractivity contribution < 1.29 is 0 Å². The molecule has 2 N–H and O–H groups in total. The fourth-order valence-corrected chi connectivity index (χ4v) is 5.19. The molecule has 0 bridgehead atoms. The molecular weight excluding hydrogens is 398 g/mol. The van der Waals surface area contributed by atoms with Gasteiger partial charge in [-0.25, -0.2) is 4.98 Å². The number of aromatic nitrogens is 1. The minimum Gasteiger partial charge on any atom is -0.404 e. The molecule has 0 saturated carbocycles. The first kappa shape index (κ1) is 19.0. The Morgan fingerprint density at radius 3 is 2.45 bits per heavy atom. The van der Waals surface area contributed by atoms with Crippen molar-refractivity contribution in [3.8, 4) is 17.3 Å². The number of nitrogens with two attached hydrogens (primary N) is 1. The molecule has 2 aromatic heterocycles. The van der Waals surface area contributed by atoms with Crippen LogP contribution in [0.4, 0.5) is 0 Å². The summed E-state index contributed by atoms with van der Waals surface area (Å²) in [5.41, 5.74) is 9.69. The summed E-state index contributed by atoms with van der Waals surface area (Å²) in [5, 5.41) is 14.2. The summed E-state index contributed by atoms with van der Waals surface area (Å²) in [6.45, 7) is 1.94. The molecule has 3 aromatic carbocycles. The number of fused-ring (bicyclic) bond motifs is 5. The van der Waals surface area contributed by atoms with E-state index >= 15 is 0 Å². The number of rotatable bonds is 3. The summed E-state index contributed by atoms with van der Waals surface area (Å²) in [6, 6.07) is 27.5. The topological polar surface area (TPSA) is 62.7 Å². The van der Waals surface area contributed by atoms with Crippen LogP contribution in [-0.4, -0.2) is 4.98 Å². The van der Waals surface area contributed by atoms with Crippen molar-refractivity contribution in [1.82, 2.24) is 4.98 Å². The number of nitrogens with zero attached hydrogens (tertiary/aromatic N) is 2. The molecule has 0 aliphatic rings. The minimum atomic E-state index is 0.418. The van der Waals surface area contributed by atoms with Crippen LogP contribution in [0.25, 0.3) is 47.8 Å². The molecule has 0 unspecified atom stereocenters. The predicted octanol–water partition coefficient (Wildman–Crippen LogP) is 7.04. The molecule has 0 amide bonds. The van der Waals surface area contributed by atoms with Crippen molar-refractivity contribution in [2.45, 2.75) is 6.92 Å². The Morgan fingerprint density at radius 2 is 1.68 bits per heavy atom. The van der Waals surface area contributed by atoms with Crippen molar-refractivity contribution in [3.63, 3.8) is 0 Å². The van der Waals surface area contributed by atoms with E-state index in [0.29, 0.717) is 5.57 Å². The van der Waals surface area contributed by atoms with Crippen LogP contribution in [0, 0.1) is 11.3 Å². The quantitative estimate of drug-likeness (QED) is 0.253. The Bertz CT molecular complexity index is 1560. The van der Waals surface area contributed by atoms with Crippen molar-refractivity contribution in [3.05, 3.63) is 96.3 Å². The van der Waals surface area contributed by atoms with E-state index in [-0.39, 0.29) is 0 Å². The second kappa shape index (κ2) is 7.71. The fourth-order valence-electron chi connectivity index (χ4n) is 4.03. The molecule has 0 aliphatic carbocycles. The zero-order chi connectivity index (χ0) is 21.4. The average molecular weight is 418 g/mol. The number of allylic oxidation sites excluding steroid dienone is 3. The summed E-state index contributed by atoms with van der Waals surface area (Å²) in [6.07, 6.45) is 3.08. The number of thiophene rings is 1. The number of hydrogen-bond donors (Lipinski definition) is 1. The molecule has 4 heteroatoms. The molecular formula is C27H19N3S. The van der Waals surface area contributed by atoms with E-state index in [0.717, 1.165) is 22.5 Å². The Balaban J connectivity index is 1.76. The first-order valence-corrected chi connectivity index (χ1v) is 10.8. The van der Waals surface area contributed by atoms with Gasteiger partial charge in [0.05, 0.1) is 17.0 Å². The standard InChI is InChI=1S/C27H19N3S/c1-17(13-18(15-28)16-29)23-10-6-11-24(30-23)22-14-26-27(20-8-3-2-7-19(20)22)21-9-4-5-12-25(21)31-26/h2-15H,28H2,1H3/b17-13+,18-15+. The maximum Gasteiger partial charge on any atom is 0.101 e. The molecule has 31 heavy (non-hydrogen) atoms. The van der Waals surface area contributed by atoms with Gasteiger partial charge in [-0.3, -0.25) is 0 Å². The van der Waals surface area contributed by atoms with Gasteiger partial charge in [-0.15, -0.1) is 11.3 Å². The van der Waals surface area contributed by atoms with Crippen LogP contribution in [-0.2, 0) is 0 Å². The molecule has 0 fully saturated rings. The van der Waals surface area contributed by atoms with E-state index in [9.17, 15) is 5.26 Å². The van der Waals surface area contributed by atoms with Gasteiger partial charge in [-0.05, 0) is 53.6 Å². The van der Waals surface area contributed by atoms with Crippen molar-refractivity contribution in [2.24, 2.45) is 5.73 Å². The molecule has 0 saturated heterocycles. The first-order valence-electron chi connectivity index (χ1n) is 10.0. The third-order valence-corrected chi connectivity index (χ3v) is 6.61. The van der Waals surface area contributed by atoms with Crippen LogP contribution < -0.4 is 5.73 Å². The smallest absolute Gasteiger partial charge is 0.101 e. The van der Waals surface area contributed by atoms with Crippen molar-refractivity contribution >= 4 is 47.9 Å². The zero-order valence-electron chi connectivity index (χ0n) is 17.0. The lowest BCUT2D eigenvalue weighted by atomic mass is 9.97. The summed E-state index contributed by atoms with van der Waals surface area (Å²) in [5.74, 6) is 0. The van der Waals surface area contributed by atoms with Crippen molar-refractivity contribution in [2.75, 3.05) is 0 Å². The second-order valence-corrected chi connectivity index (χ2v) is 8.49. The average Bonchev–Trinajstić information content (AvgIpc) is 3.20. The van der Waals surface area contributed by atoms with Crippen LogP contribution in [0.5, 0.6) is 0 Å². The number of benzene rings is 3. The lowest BCUT2D eigenvalue weighted by Gasteiger charge is -2.10. The molecule has 3 nitrogen and oxygen atoms in total. The fraction of sp³-hybridized carbons (Fsp3) is 0.0370. The number of pyridine rings is 1. The monoisotopic (exact) mass is 417 g/mol. The number of nitriles is 1. The van der Waals surface area contributed by atoms with Crippen molar-refractivity contribution in [1.29, 1.82) is 5.26 Å². The van der Waals surface area contributed by atoms with Crippen LogP contribution in [0.15, 0.2) is 90.6 Å². The molecule has 5 rings (SSSR count). The van der Waals surface area contributed by atoms with E-state index < -0.39 is 0 Å². The van der Waals surface area contributed by atoms with Gasteiger partial charge in [0.25, 0.3) is 0 Å². The SMILES string of the molecule is C/C(=C\C(C#N)=C/N)c1cccc(-c2cc3sc4ccccc4c3c3ccccc23)n1. The molecule has 5 aromatic rings. The lowest BCUT2D eigenvalue weighted by Crippen LogP contribution is -1.92. The van der Waals surface area contributed by atoms with Gasteiger partial charge in [0.1, 0.15) is 6.07 Å². The summed E-state index contributed by atoms with van der Waals surface area (Å²) >= 11 is 1.81. The van der Waals surface area contributed by atoms with Gasteiger partial charge >= 0.3 is 0 Å². The molecule has 0 radical (unpaired) electrons. The maximum atomic E-state index is 9.17. The molecule has 0 aliphatic heterocycles. The number of hydrogen-bond acceptors (Lipinski definition) is 4. The van der Waals surface area contributed by atoms with E-state index in [1.54, 1.807) is 6.08 Å². The Morgan fingerprint density at radius 1 is 0.935 bits per heavy atom. The maximum absolute atomic E-state index is 9.17. The van der Waals surface area contributed by atoms with E-state index in [2.05, 4.69) is 60.7 Å². The minimum absolute atomic E-state index is 0.418. The lowest BCUT2D eigenvalue weighted by molar-refractivity contribution is 1.27. The van der Waals surface area contributed by atoms with Crippen LogP contribution in [0.3, 0.4) is 0 Å². The molecule has 148 valence electrons. The Hall–Kier alpha value is -3.94. The second-order valence-electron chi connectivity index (χ2n) is 7.41.